The zero-order chi connectivity index (χ0) is 10.7. The third kappa shape index (κ3) is 1.87. The summed E-state index contributed by atoms with van der Waals surface area (Å²) in [5.41, 5.74) is 1.53. The monoisotopic (exact) mass is 192 g/mol. The summed E-state index contributed by atoms with van der Waals surface area (Å²) in [7, 11) is 0. The molecule has 3 nitrogen and oxygen atoms in total. The summed E-state index contributed by atoms with van der Waals surface area (Å²) in [4.78, 5) is 11.4. The minimum atomic E-state index is 0.0630. The fraction of sp³-hybridized carbons (Fsp3) is 0.364. The SMILES string of the molecule is C=CNc1ccn(C(C)C)c1C(C)=O. The first-order chi connectivity index (χ1) is 6.57. The first-order valence-electron chi connectivity index (χ1n) is 4.67. The summed E-state index contributed by atoms with van der Waals surface area (Å²) in [6.07, 6.45) is 3.49. The topological polar surface area (TPSA) is 34.0 Å². The molecule has 0 bridgehead atoms. The molecule has 76 valence electrons. The van der Waals surface area contributed by atoms with Crippen molar-refractivity contribution in [3.63, 3.8) is 0 Å². The summed E-state index contributed by atoms with van der Waals surface area (Å²) in [5.74, 6) is 0.0630. The van der Waals surface area contributed by atoms with Crippen LogP contribution in [0.25, 0.3) is 0 Å². The summed E-state index contributed by atoms with van der Waals surface area (Å²) in [6, 6.07) is 2.17. The third-order valence-electron chi connectivity index (χ3n) is 2.06. The van der Waals surface area contributed by atoms with Gasteiger partial charge in [0, 0.05) is 19.2 Å². The maximum atomic E-state index is 11.4. The number of anilines is 1. The van der Waals surface area contributed by atoms with Gasteiger partial charge in [-0.05, 0) is 26.1 Å². The number of carbonyl (C=O) groups excluding carboxylic acids is 1. The molecule has 1 aromatic rings. The Morgan fingerprint density at radius 1 is 1.64 bits per heavy atom. The molecule has 0 aliphatic rings. The Hall–Kier alpha value is -1.51. The fourth-order valence-electron chi connectivity index (χ4n) is 1.48. The highest BCUT2D eigenvalue weighted by Gasteiger charge is 2.14. The number of hydrogen-bond donors (Lipinski definition) is 1. The highest BCUT2D eigenvalue weighted by molar-refractivity contribution is 5.98. The molecule has 1 aromatic heterocycles. The van der Waals surface area contributed by atoms with E-state index in [9.17, 15) is 4.79 Å². The summed E-state index contributed by atoms with van der Waals surface area (Å²) in [6.45, 7) is 9.24. The number of aromatic nitrogens is 1. The Balaban J connectivity index is 3.19. The van der Waals surface area contributed by atoms with Gasteiger partial charge < -0.3 is 9.88 Å². The van der Waals surface area contributed by atoms with E-state index >= 15 is 0 Å². The number of rotatable bonds is 4. The molecule has 0 aromatic carbocycles. The molecule has 0 fully saturated rings. The molecule has 1 N–H and O–H groups in total. The number of carbonyl (C=O) groups is 1. The van der Waals surface area contributed by atoms with Crippen molar-refractivity contribution in [2.75, 3.05) is 5.32 Å². The lowest BCUT2D eigenvalue weighted by atomic mass is 10.2. The summed E-state index contributed by atoms with van der Waals surface area (Å²) in [5, 5.41) is 2.95. The van der Waals surface area contributed by atoms with E-state index in [1.807, 2.05) is 30.7 Å². The molecule has 0 radical (unpaired) electrons. The lowest BCUT2D eigenvalue weighted by molar-refractivity contribution is 0.100. The van der Waals surface area contributed by atoms with Crippen molar-refractivity contribution in [3.8, 4) is 0 Å². The number of nitrogens with one attached hydrogen (secondary N) is 1. The lowest BCUT2D eigenvalue weighted by Gasteiger charge is -2.12. The fourth-order valence-corrected chi connectivity index (χ4v) is 1.48. The zero-order valence-electron chi connectivity index (χ0n) is 8.87. The highest BCUT2D eigenvalue weighted by Crippen LogP contribution is 2.21. The van der Waals surface area contributed by atoms with Crippen LogP contribution < -0.4 is 5.32 Å². The van der Waals surface area contributed by atoms with Crippen molar-refractivity contribution in [2.24, 2.45) is 0 Å². The number of ketones is 1. The van der Waals surface area contributed by atoms with Crippen LogP contribution in [0.2, 0.25) is 0 Å². The lowest BCUT2D eigenvalue weighted by Crippen LogP contribution is -2.09. The average Bonchev–Trinajstić information content (AvgIpc) is 2.48. The van der Waals surface area contributed by atoms with Gasteiger partial charge in [0.2, 0.25) is 0 Å². The van der Waals surface area contributed by atoms with Crippen molar-refractivity contribution in [1.29, 1.82) is 0 Å². The van der Waals surface area contributed by atoms with Crippen LogP contribution in [0.3, 0.4) is 0 Å². The van der Waals surface area contributed by atoms with Gasteiger partial charge in [-0.2, -0.15) is 0 Å². The molecule has 0 saturated carbocycles. The molecule has 0 spiro atoms. The van der Waals surface area contributed by atoms with E-state index < -0.39 is 0 Å². The van der Waals surface area contributed by atoms with Crippen LogP contribution in [0.15, 0.2) is 25.0 Å². The summed E-state index contributed by atoms with van der Waals surface area (Å²) < 4.78 is 1.95. The summed E-state index contributed by atoms with van der Waals surface area (Å²) >= 11 is 0. The Morgan fingerprint density at radius 2 is 2.29 bits per heavy atom. The van der Waals surface area contributed by atoms with Gasteiger partial charge in [-0.25, -0.2) is 0 Å². The molecule has 0 atom stereocenters. The molecule has 0 saturated heterocycles. The van der Waals surface area contributed by atoms with Crippen LogP contribution >= 0.6 is 0 Å². The van der Waals surface area contributed by atoms with E-state index in [-0.39, 0.29) is 11.8 Å². The Morgan fingerprint density at radius 3 is 2.71 bits per heavy atom. The molecule has 14 heavy (non-hydrogen) atoms. The van der Waals surface area contributed by atoms with Crippen LogP contribution in [0.1, 0.15) is 37.3 Å². The second-order valence-corrected chi connectivity index (χ2v) is 3.48. The molecular weight excluding hydrogens is 176 g/mol. The van der Waals surface area contributed by atoms with E-state index in [0.29, 0.717) is 5.69 Å². The number of hydrogen-bond acceptors (Lipinski definition) is 2. The predicted octanol–water partition coefficient (Wildman–Crippen LogP) is 2.83. The normalized spacial score (nSPS) is 10.3. The number of Topliss-reactive ketones (excluding diaryl/α,β-unsaturated/α-hetero) is 1. The average molecular weight is 192 g/mol. The Labute approximate surface area is 84.4 Å². The highest BCUT2D eigenvalue weighted by atomic mass is 16.1. The quantitative estimate of drug-likeness (QED) is 0.744. The second kappa shape index (κ2) is 4.13. The van der Waals surface area contributed by atoms with E-state index in [4.69, 9.17) is 0 Å². The van der Waals surface area contributed by atoms with Crippen LogP contribution in [0.4, 0.5) is 5.69 Å². The number of nitrogens with zero attached hydrogens (tertiary/aromatic N) is 1. The molecule has 0 amide bonds. The molecule has 0 unspecified atom stereocenters. The molecule has 1 heterocycles. The van der Waals surface area contributed by atoms with Crippen molar-refractivity contribution >= 4 is 11.5 Å². The van der Waals surface area contributed by atoms with Crippen LogP contribution in [-0.2, 0) is 0 Å². The van der Waals surface area contributed by atoms with Gasteiger partial charge in [0.15, 0.2) is 5.78 Å². The van der Waals surface area contributed by atoms with Gasteiger partial charge in [0.05, 0.1) is 5.69 Å². The molecular formula is C11H16N2O. The predicted molar refractivity (Wildman–Crippen MR) is 58.6 cm³/mol. The Bertz CT molecular complexity index is 350. The maximum Gasteiger partial charge on any atom is 0.178 e. The molecule has 1 rings (SSSR count). The van der Waals surface area contributed by atoms with Gasteiger partial charge in [-0.3, -0.25) is 4.79 Å². The van der Waals surface area contributed by atoms with Crippen LogP contribution in [0.5, 0.6) is 0 Å². The van der Waals surface area contributed by atoms with Crippen molar-refractivity contribution in [3.05, 3.63) is 30.7 Å². The third-order valence-corrected chi connectivity index (χ3v) is 2.06. The van der Waals surface area contributed by atoms with Crippen LogP contribution in [0, 0.1) is 0 Å². The first-order valence-corrected chi connectivity index (χ1v) is 4.67. The van der Waals surface area contributed by atoms with Gasteiger partial charge in [0.1, 0.15) is 5.69 Å². The minimum Gasteiger partial charge on any atom is -0.360 e. The van der Waals surface area contributed by atoms with E-state index in [1.54, 1.807) is 13.1 Å². The van der Waals surface area contributed by atoms with Gasteiger partial charge >= 0.3 is 0 Å². The largest absolute Gasteiger partial charge is 0.360 e. The molecule has 0 aliphatic heterocycles. The van der Waals surface area contributed by atoms with E-state index in [1.165, 1.54) is 0 Å². The Kier molecular flexibility index (Phi) is 3.12. The maximum absolute atomic E-state index is 11.4. The van der Waals surface area contributed by atoms with Crippen molar-refractivity contribution in [1.82, 2.24) is 4.57 Å². The molecule has 3 heteroatoms. The van der Waals surface area contributed by atoms with E-state index in [2.05, 4.69) is 11.9 Å². The van der Waals surface area contributed by atoms with Crippen molar-refractivity contribution < 1.29 is 4.79 Å². The van der Waals surface area contributed by atoms with Crippen molar-refractivity contribution in [2.45, 2.75) is 26.8 Å². The zero-order valence-corrected chi connectivity index (χ0v) is 8.87. The standard InChI is InChI=1S/C11H16N2O/c1-5-12-10-6-7-13(8(2)3)11(10)9(4)14/h5-8,12H,1H2,2-4H3. The van der Waals surface area contributed by atoms with Crippen LogP contribution in [-0.4, -0.2) is 10.4 Å². The minimum absolute atomic E-state index is 0.0630. The van der Waals surface area contributed by atoms with E-state index in [0.717, 1.165) is 5.69 Å². The first kappa shape index (κ1) is 10.6. The van der Waals surface area contributed by atoms with Gasteiger partial charge in [-0.1, -0.05) is 6.58 Å². The smallest absolute Gasteiger partial charge is 0.178 e. The second-order valence-electron chi connectivity index (χ2n) is 3.48. The van der Waals surface area contributed by atoms with Gasteiger partial charge in [0.25, 0.3) is 0 Å². The van der Waals surface area contributed by atoms with Gasteiger partial charge in [-0.15, -0.1) is 0 Å². The molecule has 0 aliphatic carbocycles.